The monoisotopic (exact) mass is 550 g/mol. The zero-order valence-corrected chi connectivity index (χ0v) is 21.2. The summed E-state index contributed by atoms with van der Waals surface area (Å²) in [7, 11) is 1.82. The van der Waals surface area contributed by atoms with Crippen LogP contribution in [-0.4, -0.2) is 40.9 Å². The van der Waals surface area contributed by atoms with Crippen LogP contribution in [-0.2, 0) is 25.7 Å². The van der Waals surface area contributed by atoms with Crippen LogP contribution in [0.3, 0.4) is 0 Å². The summed E-state index contributed by atoms with van der Waals surface area (Å²) in [5, 5.41) is 12.4. The zero-order chi connectivity index (χ0) is 20.6. The molecule has 1 aliphatic carbocycles. The number of aryl methyl sites for hydroxylation is 3. The molecule has 0 aliphatic heterocycles. The standard InChI is InChI=1S/C23H30N6S.HI/c1-24-23(25-14-4-8-22-28-20-6-2-3-7-21(20)30-22)26-16-13-18-9-11-19(12-10-18)29-17-5-15-27-29;/h5,9-12,15,17H,2-4,6-8,13-14,16H2,1H3,(H2,24,25,26);1H. The van der Waals surface area contributed by atoms with Gasteiger partial charge in [-0.1, -0.05) is 12.1 Å². The van der Waals surface area contributed by atoms with Crippen molar-refractivity contribution in [1.82, 2.24) is 25.4 Å². The number of halogens is 1. The Morgan fingerprint density at radius 2 is 1.90 bits per heavy atom. The normalized spacial score (nSPS) is 13.4. The highest BCUT2D eigenvalue weighted by atomic mass is 127. The second-order valence-electron chi connectivity index (χ2n) is 7.58. The third-order valence-corrected chi connectivity index (χ3v) is 6.60. The first kappa shape index (κ1) is 23.7. The third kappa shape index (κ3) is 6.77. The number of rotatable bonds is 8. The van der Waals surface area contributed by atoms with Crippen molar-refractivity contribution in [3.8, 4) is 5.69 Å². The second kappa shape index (κ2) is 12.2. The van der Waals surface area contributed by atoms with Gasteiger partial charge in [0.1, 0.15) is 0 Å². The number of aliphatic imine (C=N–C) groups is 1. The van der Waals surface area contributed by atoms with Gasteiger partial charge in [-0.2, -0.15) is 5.10 Å². The minimum Gasteiger partial charge on any atom is -0.356 e. The molecule has 0 atom stereocenters. The molecule has 0 spiro atoms. The molecular weight excluding hydrogens is 519 g/mol. The Morgan fingerprint density at radius 1 is 1.10 bits per heavy atom. The van der Waals surface area contributed by atoms with Gasteiger partial charge in [0.2, 0.25) is 0 Å². The Labute approximate surface area is 205 Å². The van der Waals surface area contributed by atoms with Gasteiger partial charge in [-0.15, -0.1) is 35.3 Å². The molecule has 2 heterocycles. The molecule has 6 nitrogen and oxygen atoms in total. The average molecular weight is 551 g/mol. The van der Waals surface area contributed by atoms with Gasteiger partial charge in [0.25, 0.3) is 0 Å². The van der Waals surface area contributed by atoms with Crippen molar-refractivity contribution in [2.75, 3.05) is 20.1 Å². The number of benzene rings is 1. The van der Waals surface area contributed by atoms with Crippen molar-refractivity contribution in [1.29, 1.82) is 0 Å². The number of guanidine groups is 1. The molecule has 2 aromatic heterocycles. The van der Waals surface area contributed by atoms with Gasteiger partial charge < -0.3 is 10.6 Å². The molecule has 1 aromatic carbocycles. The summed E-state index contributed by atoms with van der Waals surface area (Å²) < 4.78 is 1.87. The molecule has 2 N–H and O–H groups in total. The summed E-state index contributed by atoms with van der Waals surface area (Å²) in [6.07, 6.45) is 11.8. The highest BCUT2D eigenvalue weighted by Crippen LogP contribution is 2.27. The molecule has 31 heavy (non-hydrogen) atoms. The predicted octanol–water partition coefficient (Wildman–Crippen LogP) is 4.17. The molecule has 0 fully saturated rings. The van der Waals surface area contributed by atoms with Crippen molar-refractivity contribution in [3.05, 3.63) is 63.9 Å². The smallest absolute Gasteiger partial charge is 0.190 e. The summed E-state index contributed by atoms with van der Waals surface area (Å²) in [5.41, 5.74) is 3.74. The molecule has 1 aliphatic rings. The number of hydrogen-bond donors (Lipinski definition) is 2. The number of nitrogens with zero attached hydrogens (tertiary/aromatic N) is 4. The zero-order valence-electron chi connectivity index (χ0n) is 18.0. The minimum absolute atomic E-state index is 0. The third-order valence-electron chi connectivity index (χ3n) is 5.38. The van der Waals surface area contributed by atoms with Gasteiger partial charge >= 0.3 is 0 Å². The van der Waals surface area contributed by atoms with E-state index in [0.29, 0.717) is 0 Å². The SMILES string of the molecule is CN=C(NCCCc1nc2c(s1)CCCC2)NCCc1ccc(-n2cccn2)cc1.I. The second-order valence-corrected chi connectivity index (χ2v) is 8.75. The molecular formula is C23H31IN6S. The van der Waals surface area contributed by atoms with Gasteiger partial charge in [0, 0.05) is 43.8 Å². The van der Waals surface area contributed by atoms with Crippen LogP contribution in [0.5, 0.6) is 0 Å². The molecule has 166 valence electrons. The van der Waals surface area contributed by atoms with Gasteiger partial charge in [0.05, 0.1) is 16.4 Å². The molecule has 0 saturated heterocycles. The van der Waals surface area contributed by atoms with Crippen LogP contribution in [0.1, 0.15) is 40.4 Å². The highest BCUT2D eigenvalue weighted by molar-refractivity contribution is 14.0. The molecule has 3 aromatic rings. The molecule has 0 saturated carbocycles. The summed E-state index contributed by atoms with van der Waals surface area (Å²) >= 11 is 1.92. The fourth-order valence-corrected chi connectivity index (χ4v) is 4.94. The Hall–Kier alpha value is -1.94. The van der Waals surface area contributed by atoms with E-state index in [2.05, 4.69) is 45.0 Å². The number of thiazole rings is 1. The fraction of sp³-hybridized carbons (Fsp3) is 0.435. The van der Waals surface area contributed by atoms with Crippen molar-refractivity contribution < 1.29 is 0 Å². The van der Waals surface area contributed by atoms with Crippen LogP contribution in [0.25, 0.3) is 5.69 Å². The fourth-order valence-electron chi connectivity index (χ4n) is 3.74. The Kier molecular flexibility index (Phi) is 9.32. The van der Waals surface area contributed by atoms with E-state index >= 15 is 0 Å². The summed E-state index contributed by atoms with van der Waals surface area (Å²) in [4.78, 5) is 10.7. The van der Waals surface area contributed by atoms with E-state index in [-0.39, 0.29) is 24.0 Å². The van der Waals surface area contributed by atoms with Crippen LogP contribution in [0.15, 0.2) is 47.7 Å². The Balaban J connectivity index is 0.00000272. The molecule has 8 heteroatoms. The van der Waals surface area contributed by atoms with Crippen molar-refractivity contribution in [2.24, 2.45) is 4.99 Å². The Morgan fingerprint density at radius 3 is 2.65 bits per heavy atom. The van der Waals surface area contributed by atoms with E-state index in [1.165, 1.54) is 46.8 Å². The van der Waals surface area contributed by atoms with Crippen LogP contribution in [0, 0.1) is 0 Å². The lowest BCUT2D eigenvalue weighted by Gasteiger charge is -2.12. The number of fused-ring (bicyclic) bond motifs is 1. The van der Waals surface area contributed by atoms with Gasteiger partial charge in [-0.05, 0) is 62.3 Å². The van der Waals surface area contributed by atoms with Crippen molar-refractivity contribution >= 4 is 41.3 Å². The first-order chi connectivity index (χ1) is 14.8. The topological polar surface area (TPSA) is 67.1 Å². The first-order valence-corrected chi connectivity index (χ1v) is 11.6. The van der Waals surface area contributed by atoms with Crippen LogP contribution in [0.4, 0.5) is 0 Å². The molecule has 4 rings (SSSR count). The molecule has 0 bridgehead atoms. The van der Waals surface area contributed by atoms with E-state index in [1.807, 2.05) is 35.3 Å². The minimum atomic E-state index is 0. The maximum atomic E-state index is 4.83. The molecule has 0 radical (unpaired) electrons. The maximum Gasteiger partial charge on any atom is 0.190 e. The quantitative estimate of drug-likeness (QED) is 0.191. The highest BCUT2D eigenvalue weighted by Gasteiger charge is 2.14. The summed E-state index contributed by atoms with van der Waals surface area (Å²) in [6, 6.07) is 10.4. The number of aromatic nitrogens is 3. The Bertz CT molecular complexity index is 926. The van der Waals surface area contributed by atoms with E-state index in [4.69, 9.17) is 4.98 Å². The lowest BCUT2D eigenvalue weighted by Crippen LogP contribution is -2.38. The van der Waals surface area contributed by atoms with Crippen molar-refractivity contribution in [3.63, 3.8) is 0 Å². The van der Waals surface area contributed by atoms with Crippen LogP contribution in [0.2, 0.25) is 0 Å². The number of nitrogens with one attached hydrogen (secondary N) is 2. The summed E-state index contributed by atoms with van der Waals surface area (Å²) in [5.74, 6) is 0.863. The average Bonchev–Trinajstić information content (AvgIpc) is 3.45. The number of hydrogen-bond acceptors (Lipinski definition) is 4. The molecule has 0 unspecified atom stereocenters. The lowest BCUT2D eigenvalue weighted by atomic mass is 10.0. The lowest BCUT2D eigenvalue weighted by molar-refractivity contribution is 0.678. The van der Waals surface area contributed by atoms with E-state index in [9.17, 15) is 0 Å². The van der Waals surface area contributed by atoms with E-state index < -0.39 is 0 Å². The van der Waals surface area contributed by atoms with Crippen LogP contribution >= 0.6 is 35.3 Å². The van der Waals surface area contributed by atoms with Crippen molar-refractivity contribution in [2.45, 2.75) is 44.9 Å². The first-order valence-electron chi connectivity index (χ1n) is 10.8. The molecule has 0 amide bonds. The maximum absolute atomic E-state index is 4.83. The predicted molar refractivity (Wildman–Crippen MR) is 139 cm³/mol. The summed E-state index contributed by atoms with van der Waals surface area (Å²) in [6.45, 7) is 1.75. The van der Waals surface area contributed by atoms with E-state index in [0.717, 1.165) is 44.0 Å². The van der Waals surface area contributed by atoms with Gasteiger partial charge in [0.15, 0.2) is 5.96 Å². The largest absolute Gasteiger partial charge is 0.356 e. The van der Waals surface area contributed by atoms with Gasteiger partial charge in [-0.3, -0.25) is 4.99 Å². The van der Waals surface area contributed by atoms with Gasteiger partial charge in [-0.25, -0.2) is 9.67 Å². The van der Waals surface area contributed by atoms with E-state index in [1.54, 1.807) is 6.20 Å². The van der Waals surface area contributed by atoms with Crippen LogP contribution < -0.4 is 10.6 Å².